The van der Waals surface area contributed by atoms with Gasteiger partial charge in [-0.05, 0) is 28.1 Å². The Kier molecular flexibility index (Phi) is 4.02. The lowest BCUT2D eigenvalue weighted by atomic mass is 10.2. The summed E-state index contributed by atoms with van der Waals surface area (Å²) in [5.74, 6) is -0.954. The maximum atomic E-state index is 12.0. The van der Waals surface area contributed by atoms with Crippen LogP contribution in [0.1, 0.15) is 10.4 Å². The van der Waals surface area contributed by atoms with Crippen molar-refractivity contribution < 1.29 is 23.0 Å². The molecule has 0 saturated carbocycles. The molecule has 0 saturated heterocycles. The molecule has 0 atom stereocenters. The number of hydrogen-bond acceptors (Lipinski definition) is 3. The van der Waals surface area contributed by atoms with Crippen LogP contribution in [-0.4, -0.2) is 19.7 Å². The van der Waals surface area contributed by atoms with Gasteiger partial charge in [0.25, 0.3) is 0 Å². The van der Waals surface area contributed by atoms with Gasteiger partial charge in [0, 0.05) is 4.47 Å². The van der Waals surface area contributed by atoms with Crippen LogP contribution in [0.5, 0.6) is 5.75 Å². The Morgan fingerprint density at radius 1 is 1.47 bits per heavy atom. The molecule has 0 fully saturated rings. The van der Waals surface area contributed by atoms with Gasteiger partial charge in [-0.15, -0.1) is 0 Å². The quantitative estimate of drug-likeness (QED) is 0.799. The lowest BCUT2D eigenvalue weighted by Gasteiger charge is -2.10. The number of carbonyl (C=O) groups excluding carboxylic acids is 1. The van der Waals surface area contributed by atoms with E-state index < -0.39 is 12.6 Å². The van der Waals surface area contributed by atoms with Gasteiger partial charge in [0.15, 0.2) is 0 Å². The fourth-order valence-electron chi connectivity index (χ4n) is 0.999. The predicted octanol–water partition coefficient (Wildman–Crippen LogP) is 2.84. The zero-order valence-corrected chi connectivity index (χ0v) is 9.25. The maximum absolute atomic E-state index is 12.0. The molecule has 0 unspecified atom stereocenters. The second-order valence-electron chi connectivity index (χ2n) is 2.48. The highest BCUT2D eigenvalue weighted by Crippen LogP contribution is 2.28. The molecule has 15 heavy (non-hydrogen) atoms. The van der Waals surface area contributed by atoms with E-state index in [-0.39, 0.29) is 11.3 Å². The molecular weight excluding hydrogens is 274 g/mol. The summed E-state index contributed by atoms with van der Waals surface area (Å²) in [6, 6.07) is 4.28. The van der Waals surface area contributed by atoms with Crippen molar-refractivity contribution in [3.8, 4) is 5.75 Å². The summed E-state index contributed by atoms with van der Waals surface area (Å²) >= 11 is 3.05. The van der Waals surface area contributed by atoms with Crippen molar-refractivity contribution in [1.29, 1.82) is 0 Å². The molecule has 1 aromatic carbocycles. The number of rotatable bonds is 3. The third-order valence-electron chi connectivity index (χ3n) is 1.58. The first kappa shape index (κ1) is 11.9. The highest BCUT2D eigenvalue weighted by Gasteiger charge is 2.19. The largest absolute Gasteiger partial charge is 0.465 e. The molecule has 0 spiro atoms. The lowest BCUT2D eigenvalue weighted by molar-refractivity contribution is -0.0504. The zero-order chi connectivity index (χ0) is 11.4. The Bertz CT molecular complexity index is 368. The Hall–Kier alpha value is -1.17. The fraction of sp³-hybridized carbons (Fsp3) is 0.222. The van der Waals surface area contributed by atoms with Crippen molar-refractivity contribution in [2.75, 3.05) is 7.11 Å². The number of alkyl halides is 2. The van der Waals surface area contributed by atoms with Gasteiger partial charge in [0.1, 0.15) is 11.3 Å². The number of methoxy groups -OCH3 is 1. The third-order valence-corrected chi connectivity index (χ3v) is 2.24. The lowest BCUT2D eigenvalue weighted by Crippen LogP contribution is -2.09. The van der Waals surface area contributed by atoms with Gasteiger partial charge in [-0.25, -0.2) is 4.79 Å². The number of esters is 1. The third kappa shape index (κ3) is 2.89. The van der Waals surface area contributed by atoms with E-state index in [2.05, 4.69) is 25.4 Å². The predicted molar refractivity (Wildman–Crippen MR) is 52.1 cm³/mol. The standard InChI is InChI=1S/C9H7BrF2O3/c1-14-8(13)7-5(10)3-2-4-6(7)15-9(11)12/h2-4,9H,1H3. The van der Waals surface area contributed by atoms with E-state index in [9.17, 15) is 13.6 Å². The van der Waals surface area contributed by atoms with Gasteiger partial charge < -0.3 is 9.47 Å². The molecule has 6 heteroatoms. The molecule has 0 aliphatic rings. The van der Waals surface area contributed by atoms with Gasteiger partial charge >= 0.3 is 12.6 Å². The average molecular weight is 281 g/mol. The van der Waals surface area contributed by atoms with E-state index in [1.54, 1.807) is 0 Å². The zero-order valence-electron chi connectivity index (χ0n) is 7.67. The Morgan fingerprint density at radius 3 is 2.67 bits per heavy atom. The highest BCUT2D eigenvalue weighted by atomic mass is 79.9. The minimum absolute atomic E-state index is 0.0553. The molecule has 82 valence electrons. The second kappa shape index (κ2) is 5.06. The summed E-state index contributed by atoms with van der Waals surface area (Å²) < 4.78 is 33.0. The van der Waals surface area contributed by atoms with Crippen LogP contribution in [-0.2, 0) is 4.74 Å². The topological polar surface area (TPSA) is 35.5 Å². The molecule has 1 aromatic rings. The van der Waals surface area contributed by atoms with Gasteiger partial charge in [-0.1, -0.05) is 6.07 Å². The van der Waals surface area contributed by atoms with Crippen molar-refractivity contribution in [3.63, 3.8) is 0 Å². The van der Waals surface area contributed by atoms with Crippen molar-refractivity contribution in [1.82, 2.24) is 0 Å². The van der Waals surface area contributed by atoms with Crippen LogP contribution in [0.15, 0.2) is 22.7 Å². The van der Waals surface area contributed by atoms with E-state index in [0.717, 1.165) is 7.11 Å². The van der Waals surface area contributed by atoms with Gasteiger partial charge in [0.05, 0.1) is 7.11 Å². The molecule has 0 aliphatic carbocycles. The molecule has 0 N–H and O–H groups in total. The van der Waals surface area contributed by atoms with Crippen LogP contribution in [0, 0.1) is 0 Å². The van der Waals surface area contributed by atoms with Crippen LogP contribution in [0.3, 0.4) is 0 Å². The van der Waals surface area contributed by atoms with Gasteiger partial charge in [0.2, 0.25) is 0 Å². The second-order valence-corrected chi connectivity index (χ2v) is 3.34. The fourth-order valence-corrected chi connectivity index (χ4v) is 1.51. The SMILES string of the molecule is COC(=O)c1c(Br)cccc1OC(F)F. The van der Waals surface area contributed by atoms with Gasteiger partial charge in [-0.2, -0.15) is 8.78 Å². The minimum atomic E-state index is -2.98. The van der Waals surface area contributed by atoms with Crippen LogP contribution >= 0.6 is 15.9 Å². The average Bonchev–Trinajstić information content (AvgIpc) is 2.16. The van der Waals surface area contributed by atoms with Gasteiger partial charge in [-0.3, -0.25) is 0 Å². The van der Waals surface area contributed by atoms with Crippen molar-refractivity contribution in [2.45, 2.75) is 6.61 Å². The summed E-state index contributed by atoms with van der Waals surface area (Å²) in [7, 11) is 1.16. The summed E-state index contributed by atoms with van der Waals surface area (Å²) in [6.07, 6.45) is 0. The molecule has 3 nitrogen and oxygen atoms in total. The summed E-state index contributed by atoms with van der Waals surface area (Å²) in [6.45, 7) is -2.98. The molecular formula is C9H7BrF2O3. The Morgan fingerprint density at radius 2 is 2.13 bits per heavy atom. The van der Waals surface area contributed by atoms with Crippen LogP contribution < -0.4 is 4.74 Å². The number of carbonyl (C=O) groups is 1. The summed E-state index contributed by atoms with van der Waals surface area (Å²) in [5, 5.41) is 0. The maximum Gasteiger partial charge on any atom is 0.387 e. The monoisotopic (exact) mass is 280 g/mol. The van der Waals surface area contributed by atoms with E-state index in [4.69, 9.17) is 0 Å². The Labute approximate surface area is 93.1 Å². The van der Waals surface area contributed by atoms with Crippen molar-refractivity contribution in [3.05, 3.63) is 28.2 Å². The van der Waals surface area contributed by atoms with Crippen molar-refractivity contribution in [2.24, 2.45) is 0 Å². The summed E-state index contributed by atoms with van der Waals surface area (Å²) in [5.41, 5.74) is -0.0553. The molecule has 0 aromatic heterocycles. The molecule has 0 bridgehead atoms. The molecule has 0 aliphatic heterocycles. The normalized spacial score (nSPS) is 10.2. The highest BCUT2D eigenvalue weighted by molar-refractivity contribution is 9.10. The van der Waals surface area contributed by atoms with Crippen LogP contribution in [0.25, 0.3) is 0 Å². The van der Waals surface area contributed by atoms with Crippen LogP contribution in [0.2, 0.25) is 0 Å². The Balaban J connectivity index is 3.14. The van der Waals surface area contributed by atoms with Crippen LogP contribution in [0.4, 0.5) is 8.78 Å². The molecule has 0 heterocycles. The van der Waals surface area contributed by atoms with E-state index >= 15 is 0 Å². The number of ether oxygens (including phenoxy) is 2. The van der Waals surface area contributed by atoms with E-state index in [1.807, 2.05) is 0 Å². The van der Waals surface area contributed by atoms with Crippen molar-refractivity contribution >= 4 is 21.9 Å². The first-order valence-corrected chi connectivity index (χ1v) is 4.67. The first-order valence-electron chi connectivity index (χ1n) is 3.88. The first-order chi connectivity index (χ1) is 7.06. The molecule has 0 amide bonds. The molecule has 1 rings (SSSR count). The number of hydrogen-bond donors (Lipinski definition) is 0. The van der Waals surface area contributed by atoms with E-state index in [1.165, 1.54) is 18.2 Å². The minimum Gasteiger partial charge on any atom is -0.465 e. The molecule has 0 radical (unpaired) electrons. The smallest absolute Gasteiger partial charge is 0.387 e. The summed E-state index contributed by atoms with van der Waals surface area (Å²) in [4.78, 5) is 11.3. The number of halogens is 3. The number of benzene rings is 1. The van der Waals surface area contributed by atoms with E-state index in [0.29, 0.717) is 4.47 Å².